The topological polar surface area (TPSA) is 76.7 Å². The molecule has 0 bridgehead atoms. The minimum atomic E-state index is -0.720. The Kier molecular flexibility index (Phi) is 6.47. The van der Waals surface area contributed by atoms with Gasteiger partial charge in [0.2, 0.25) is 0 Å². The number of nitrogens with one attached hydrogen (secondary N) is 2. The van der Waals surface area contributed by atoms with Crippen LogP contribution in [-0.4, -0.2) is 26.2 Å². The van der Waals surface area contributed by atoms with E-state index in [-0.39, 0.29) is 11.3 Å². The zero-order valence-electron chi connectivity index (χ0n) is 14.0. The first-order valence-electron chi connectivity index (χ1n) is 7.53. The third-order valence-electron chi connectivity index (χ3n) is 3.43. The molecule has 0 aliphatic rings. The molecule has 2 aromatic carbocycles. The van der Waals surface area contributed by atoms with Crippen molar-refractivity contribution in [1.82, 2.24) is 5.32 Å². The fourth-order valence-corrected chi connectivity index (χ4v) is 2.13. The van der Waals surface area contributed by atoms with Crippen molar-refractivity contribution in [3.63, 3.8) is 0 Å². The van der Waals surface area contributed by atoms with Crippen molar-refractivity contribution in [1.29, 1.82) is 0 Å². The summed E-state index contributed by atoms with van der Waals surface area (Å²) < 4.78 is 23.5. The fourth-order valence-electron chi connectivity index (χ4n) is 2.13. The van der Waals surface area contributed by atoms with E-state index in [1.165, 1.54) is 19.2 Å². The molecule has 0 spiro atoms. The first kappa shape index (κ1) is 18.4. The Morgan fingerprint density at radius 2 is 1.72 bits per heavy atom. The van der Waals surface area contributed by atoms with Crippen LogP contribution in [0, 0.1) is 5.82 Å². The quantitative estimate of drug-likeness (QED) is 0.788. The third kappa shape index (κ3) is 5.29. The molecule has 6 nitrogen and oxygen atoms in total. The summed E-state index contributed by atoms with van der Waals surface area (Å²) in [5.41, 5.74) is 1.97. The largest absolute Gasteiger partial charge is 0.465 e. The number of carbonyl (C=O) groups excluding carboxylic acids is 2. The average molecular weight is 346 g/mol. The average Bonchev–Trinajstić information content (AvgIpc) is 2.62. The lowest BCUT2D eigenvalue weighted by molar-refractivity contribution is 0.0600. The second-order valence-electron chi connectivity index (χ2n) is 5.24. The number of methoxy groups -OCH3 is 2. The second-order valence-corrected chi connectivity index (χ2v) is 5.24. The van der Waals surface area contributed by atoms with Gasteiger partial charge in [-0.3, -0.25) is 0 Å². The zero-order valence-corrected chi connectivity index (χ0v) is 14.0. The number of halogens is 1. The maximum atomic E-state index is 13.9. The van der Waals surface area contributed by atoms with Crippen molar-refractivity contribution in [2.75, 3.05) is 19.5 Å². The number of amides is 2. The highest BCUT2D eigenvalue weighted by Crippen LogP contribution is 2.16. The number of benzene rings is 2. The summed E-state index contributed by atoms with van der Waals surface area (Å²) in [6.07, 6.45) is 0. The Bertz CT molecular complexity index is 747. The number of hydrogen-bond acceptors (Lipinski definition) is 4. The molecule has 25 heavy (non-hydrogen) atoms. The van der Waals surface area contributed by atoms with Gasteiger partial charge >= 0.3 is 12.0 Å². The lowest BCUT2D eigenvalue weighted by atomic mass is 10.1. The van der Waals surface area contributed by atoms with Gasteiger partial charge in [-0.1, -0.05) is 24.3 Å². The number of rotatable bonds is 6. The van der Waals surface area contributed by atoms with Crippen LogP contribution in [0.15, 0.2) is 42.5 Å². The highest BCUT2D eigenvalue weighted by atomic mass is 19.1. The summed E-state index contributed by atoms with van der Waals surface area (Å²) in [5.74, 6) is -1.37. The molecule has 132 valence electrons. The van der Waals surface area contributed by atoms with Gasteiger partial charge in [0.1, 0.15) is 5.82 Å². The van der Waals surface area contributed by atoms with Crippen molar-refractivity contribution >= 4 is 17.7 Å². The number of carbonyl (C=O) groups is 2. The number of hydrogen-bond donors (Lipinski definition) is 2. The van der Waals surface area contributed by atoms with Gasteiger partial charge < -0.3 is 20.1 Å². The van der Waals surface area contributed by atoms with Crippen LogP contribution in [0.2, 0.25) is 0 Å². The Morgan fingerprint density at radius 3 is 2.32 bits per heavy atom. The highest BCUT2D eigenvalue weighted by molar-refractivity contribution is 5.92. The molecular weight excluding hydrogens is 327 g/mol. The molecule has 0 saturated carbocycles. The summed E-state index contributed by atoms with van der Waals surface area (Å²) >= 11 is 0. The van der Waals surface area contributed by atoms with E-state index in [1.54, 1.807) is 7.11 Å². The van der Waals surface area contributed by atoms with Crippen molar-refractivity contribution in [3.05, 3.63) is 65.0 Å². The van der Waals surface area contributed by atoms with E-state index >= 15 is 0 Å². The predicted molar refractivity (Wildman–Crippen MR) is 90.8 cm³/mol. The smallest absolute Gasteiger partial charge is 0.337 e. The zero-order chi connectivity index (χ0) is 18.2. The maximum absolute atomic E-state index is 13.9. The Balaban J connectivity index is 1.90. The van der Waals surface area contributed by atoms with Crippen LogP contribution in [0.5, 0.6) is 0 Å². The number of ether oxygens (including phenoxy) is 2. The van der Waals surface area contributed by atoms with Crippen molar-refractivity contribution in [2.24, 2.45) is 0 Å². The van der Waals surface area contributed by atoms with E-state index < -0.39 is 17.8 Å². The van der Waals surface area contributed by atoms with Gasteiger partial charge in [0.15, 0.2) is 0 Å². The first-order valence-corrected chi connectivity index (χ1v) is 7.53. The molecule has 0 atom stereocenters. The molecule has 2 rings (SSSR count). The van der Waals surface area contributed by atoms with Gasteiger partial charge in [-0.05, 0) is 29.3 Å². The third-order valence-corrected chi connectivity index (χ3v) is 3.43. The molecule has 0 fully saturated rings. The summed E-state index contributed by atoms with van der Waals surface area (Å²) in [4.78, 5) is 23.2. The van der Waals surface area contributed by atoms with E-state index in [0.29, 0.717) is 13.2 Å². The Morgan fingerprint density at radius 1 is 1.04 bits per heavy atom. The van der Waals surface area contributed by atoms with E-state index in [0.717, 1.165) is 17.2 Å². The molecule has 0 radical (unpaired) electrons. The molecule has 0 saturated heterocycles. The van der Waals surface area contributed by atoms with Crippen LogP contribution >= 0.6 is 0 Å². The summed E-state index contributed by atoms with van der Waals surface area (Å²) in [5, 5.41) is 5.03. The molecule has 0 unspecified atom stereocenters. The molecular formula is C18H19FN2O4. The summed E-state index contributed by atoms with van der Waals surface area (Å²) in [6, 6.07) is 10.7. The highest BCUT2D eigenvalue weighted by Gasteiger charge is 2.11. The van der Waals surface area contributed by atoms with Crippen LogP contribution in [0.3, 0.4) is 0 Å². The lowest BCUT2D eigenvalue weighted by Crippen LogP contribution is -2.28. The monoisotopic (exact) mass is 346 g/mol. The van der Waals surface area contributed by atoms with Gasteiger partial charge in [-0.25, -0.2) is 14.0 Å². The first-order chi connectivity index (χ1) is 12.0. The Hall–Kier alpha value is -2.93. The molecule has 0 heterocycles. The second kappa shape index (κ2) is 8.79. The minimum absolute atomic E-state index is 0.0272. The molecule has 2 N–H and O–H groups in total. The minimum Gasteiger partial charge on any atom is -0.465 e. The Labute approximate surface area is 144 Å². The number of anilines is 1. The summed E-state index contributed by atoms with van der Waals surface area (Å²) in [7, 11) is 2.83. The van der Waals surface area contributed by atoms with Gasteiger partial charge in [-0.2, -0.15) is 0 Å². The van der Waals surface area contributed by atoms with Gasteiger partial charge in [-0.15, -0.1) is 0 Å². The predicted octanol–water partition coefficient (Wildman–Crippen LogP) is 3.08. The van der Waals surface area contributed by atoms with Crippen molar-refractivity contribution in [2.45, 2.75) is 13.2 Å². The van der Waals surface area contributed by atoms with E-state index in [9.17, 15) is 14.0 Å². The van der Waals surface area contributed by atoms with Crippen LogP contribution in [-0.2, 0) is 22.6 Å². The fraction of sp³-hybridized carbons (Fsp3) is 0.222. The molecule has 2 amide bonds. The maximum Gasteiger partial charge on any atom is 0.337 e. The van der Waals surface area contributed by atoms with Crippen LogP contribution in [0.1, 0.15) is 21.5 Å². The van der Waals surface area contributed by atoms with E-state index in [1.807, 2.05) is 24.3 Å². The number of urea groups is 1. The molecule has 0 aromatic heterocycles. The van der Waals surface area contributed by atoms with Gasteiger partial charge in [0, 0.05) is 13.7 Å². The number of esters is 1. The van der Waals surface area contributed by atoms with E-state index in [4.69, 9.17) is 4.74 Å². The molecule has 7 heteroatoms. The summed E-state index contributed by atoms with van der Waals surface area (Å²) in [6.45, 7) is 0.815. The standard InChI is InChI=1S/C18H19FN2O4/c1-24-11-13-5-3-12(4-6-13)10-20-18(23)21-16-8-7-14(9-15(16)19)17(22)25-2/h3-9H,10-11H2,1-2H3,(H2,20,21,23). The normalized spacial score (nSPS) is 10.2. The van der Waals surface area contributed by atoms with Crippen molar-refractivity contribution < 1.29 is 23.5 Å². The van der Waals surface area contributed by atoms with Gasteiger partial charge in [0.05, 0.1) is 25.0 Å². The van der Waals surface area contributed by atoms with Crippen LogP contribution < -0.4 is 10.6 Å². The molecule has 0 aliphatic carbocycles. The van der Waals surface area contributed by atoms with Crippen LogP contribution in [0.25, 0.3) is 0 Å². The molecule has 0 aliphatic heterocycles. The van der Waals surface area contributed by atoms with Gasteiger partial charge in [0.25, 0.3) is 0 Å². The van der Waals surface area contributed by atoms with Crippen molar-refractivity contribution in [3.8, 4) is 0 Å². The lowest BCUT2D eigenvalue weighted by Gasteiger charge is -2.10. The molecule has 2 aromatic rings. The SMILES string of the molecule is COCc1ccc(CNC(=O)Nc2ccc(C(=O)OC)cc2F)cc1. The van der Waals surface area contributed by atoms with E-state index in [2.05, 4.69) is 15.4 Å². The van der Waals surface area contributed by atoms with Crippen LogP contribution in [0.4, 0.5) is 14.9 Å².